The zero-order chi connectivity index (χ0) is 9.84. The lowest BCUT2D eigenvalue weighted by atomic mass is 10.1. The Kier molecular flexibility index (Phi) is 3.33. The van der Waals surface area contributed by atoms with Crippen molar-refractivity contribution in [1.82, 2.24) is 0 Å². The van der Waals surface area contributed by atoms with Crippen LogP contribution in [-0.2, 0) is 6.42 Å². The molecule has 2 nitrogen and oxygen atoms in total. The second-order valence-corrected chi connectivity index (χ2v) is 2.81. The number of hydrogen-bond donors (Lipinski definition) is 2. The van der Waals surface area contributed by atoms with E-state index in [2.05, 4.69) is 0 Å². The highest BCUT2D eigenvalue weighted by Gasteiger charge is 2.10. The van der Waals surface area contributed by atoms with Crippen LogP contribution in [0, 0.1) is 11.6 Å². The van der Waals surface area contributed by atoms with Gasteiger partial charge in [0, 0.05) is 13.0 Å². The third kappa shape index (κ3) is 2.47. The largest absolute Gasteiger partial charge is 0.391 e. The average molecular weight is 187 g/mol. The lowest BCUT2D eigenvalue weighted by molar-refractivity contribution is 0.182. The summed E-state index contributed by atoms with van der Waals surface area (Å²) in [6.45, 7) is 0.0377. The van der Waals surface area contributed by atoms with Gasteiger partial charge in [-0.3, -0.25) is 0 Å². The van der Waals surface area contributed by atoms with Crippen LogP contribution < -0.4 is 5.73 Å². The Morgan fingerprint density at radius 1 is 1.38 bits per heavy atom. The molecule has 0 saturated carbocycles. The van der Waals surface area contributed by atoms with Gasteiger partial charge in [0.2, 0.25) is 0 Å². The molecule has 1 rings (SSSR count). The van der Waals surface area contributed by atoms with E-state index in [0.29, 0.717) is 0 Å². The van der Waals surface area contributed by atoms with E-state index in [1.165, 1.54) is 12.1 Å². The van der Waals surface area contributed by atoms with Gasteiger partial charge < -0.3 is 10.8 Å². The maximum Gasteiger partial charge on any atom is 0.162 e. The van der Waals surface area contributed by atoms with Gasteiger partial charge in [-0.25, -0.2) is 8.78 Å². The molecule has 0 amide bonds. The Labute approximate surface area is 75.0 Å². The van der Waals surface area contributed by atoms with Crippen LogP contribution in [0.25, 0.3) is 0 Å². The van der Waals surface area contributed by atoms with Gasteiger partial charge >= 0.3 is 0 Å². The minimum Gasteiger partial charge on any atom is -0.391 e. The van der Waals surface area contributed by atoms with Crippen LogP contribution in [0.5, 0.6) is 0 Å². The van der Waals surface area contributed by atoms with Crippen molar-refractivity contribution in [1.29, 1.82) is 0 Å². The molecule has 0 spiro atoms. The third-order valence-electron chi connectivity index (χ3n) is 1.76. The van der Waals surface area contributed by atoms with Gasteiger partial charge in [0.15, 0.2) is 11.6 Å². The lowest BCUT2D eigenvalue weighted by Crippen LogP contribution is -2.22. The molecule has 0 heterocycles. The molecule has 3 N–H and O–H groups in total. The molecule has 1 aromatic carbocycles. The second kappa shape index (κ2) is 4.30. The molecule has 0 saturated heterocycles. The summed E-state index contributed by atoms with van der Waals surface area (Å²) in [5, 5.41) is 9.11. The SMILES string of the molecule is NCC(O)Cc1cccc(F)c1F. The van der Waals surface area contributed by atoms with Gasteiger partial charge in [0.1, 0.15) is 0 Å². The number of hydrogen-bond acceptors (Lipinski definition) is 2. The Hall–Kier alpha value is -1.00. The summed E-state index contributed by atoms with van der Waals surface area (Å²) >= 11 is 0. The Morgan fingerprint density at radius 2 is 2.08 bits per heavy atom. The van der Waals surface area contributed by atoms with Gasteiger partial charge in [0.25, 0.3) is 0 Å². The van der Waals surface area contributed by atoms with E-state index in [9.17, 15) is 8.78 Å². The smallest absolute Gasteiger partial charge is 0.162 e. The molecule has 0 aliphatic rings. The van der Waals surface area contributed by atoms with Gasteiger partial charge in [-0.2, -0.15) is 0 Å². The van der Waals surface area contributed by atoms with Crippen molar-refractivity contribution in [2.75, 3.05) is 6.54 Å². The molecular weight excluding hydrogens is 176 g/mol. The first-order valence-electron chi connectivity index (χ1n) is 3.96. The van der Waals surface area contributed by atoms with E-state index in [-0.39, 0.29) is 18.5 Å². The number of halogens is 2. The highest BCUT2D eigenvalue weighted by atomic mass is 19.2. The van der Waals surface area contributed by atoms with Crippen LogP contribution in [0.2, 0.25) is 0 Å². The maximum atomic E-state index is 13.0. The lowest BCUT2D eigenvalue weighted by Gasteiger charge is -2.08. The Bertz CT molecular complexity index is 291. The van der Waals surface area contributed by atoms with Crippen LogP contribution in [0.4, 0.5) is 8.78 Å². The standard InChI is InChI=1S/C9H11F2NO/c10-8-3-1-2-6(9(8)11)4-7(13)5-12/h1-3,7,13H,4-5,12H2. The first-order valence-corrected chi connectivity index (χ1v) is 3.96. The fourth-order valence-corrected chi connectivity index (χ4v) is 1.04. The zero-order valence-corrected chi connectivity index (χ0v) is 7.00. The number of aliphatic hydroxyl groups excluding tert-OH is 1. The minimum absolute atomic E-state index is 0.0377. The average Bonchev–Trinajstić information content (AvgIpc) is 2.13. The van der Waals surface area contributed by atoms with Crippen molar-refractivity contribution < 1.29 is 13.9 Å². The van der Waals surface area contributed by atoms with Gasteiger partial charge in [-0.05, 0) is 11.6 Å². The Morgan fingerprint density at radius 3 is 2.69 bits per heavy atom. The summed E-state index contributed by atoms with van der Waals surface area (Å²) in [7, 11) is 0. The van der Waals surface area contributed by atoms with Crippen LogP contribution >= 0.6 is 0 Å². The van der Waals surface area contributed by atoms with Crippen molar-refractivity contribution in [3.63, 3.8) is 0 Å². The first kappa shape index (κ1) is 10.1. The van der Waals surface area contributed by atoms with Gasteiger partial charge in [-0.1, -0.05) is 12.1 Å². The first-order chi connectivity index (χ1) is 6.15. The summed E-state index contributed by atoms with van der Waals surface area (Å²) in [4.78, 5) is 0. The minimum atomic E-state index is -0.907. The van der Waals surface area contributed by atoms with Crippen molar-refractivity contribution in [2.24, 2.45) is 5.73 Å². The predicted octanol–water partition coefficient (Wildman–Crippen LogP) is 0.827. The predicted molar refractivity (Wildman–Crippen MR) is 45.1 cm³/mol. The van der Waals surface area contributed by atoms with Crippen molar-refractivity contribution in [3.8, 4) is 0 Å². The molecule has 0 radical (unpaired) electrons. The molecule has 0 aliphatic heterocycles. The number of nitrogens with two attached hydrogens (primary N) is 1. The van der Waals surface area contributed by atoms with E-state index in [1.54, 1.807) is 0 Å². The summed E-state index contributed by atoms with van der Waals surface area (Å²) in [5.41, 5.74) is 5.29. The van der Waals surface area contributed by atoms with Crippen LogP contribution in [0.3, 0.4) is 0 Å². The molecule has 0 fully saturated rings. The molecule has 13 heavy (non-hydrogen) atoms. The van der Waals surface area contributed by atoms with Crippen molar-refractivity contribution in [3.05, 3.63) is 35.4 Å². The quantitative estimate of drug-likeness (QED) is 0.736. The molecule has 0 bridgehead atoms. The number of rotatable bonds is 3. The number of aliphatic hydroxyl groups is 1. The molecule has 1 aromatic rings. The molecule has 0 aliphatic carbocycles. The summed E-state index contributed by atoms with van der Waals surface area (Å²) in [6.07, 6.45) is -0.781. The summed E-state index contributed by atoms with van der Waals surface area (Å²) < 4.78 is 25.6. The second-order valence-electron chi connectivity index (χ2n) is 2.81. The third-order valence-corrected chi connectivity index (χ3v) is 1.76. The summed E-state index contributed by atoms with van der Waals surface area (Å²) in [5.74, 6) is -1.81. The van der Waals surface area contributed by atoms with Gasteiger partial charge in [-0.15, -0.1) is 0 Å². The van der Waals surface area contributed by atoms with E-state index in [1.807, 2.05) is 0 Å². The topological polar surface area (TPSA) is 46.2 Å². The number of benzene rings is 1. The fourth-order valence-electron chi connectivity index (χ4n) is 1.04. The molecule has 0 aromatic heterocycles. The van der Waals surface area contributed by atoms with Gasteiger partial charge in [0.05, 0.1) is 6.10 Å². The van der Waals surface area contributed by atoms with E-state index in [0.717, 1.165) is 6.07 Å². The molecule has 72 valence electrons. The van der Waals surface area contributed by atoms with E-state index >= 15 is 0 Å². The van der Waals surface area contributed by atoms with Crippen LogP contribution in [0.15, 0.2) is 18.2 Å². The Balaban J connectivity index is 2.83. The molecule has 1 unspecified atom stereocenters. The molecule has 4 heteroatoms. The van der Waals surface area contributed by atoms with Crippen molar-refractivity contribution >= 4 is 0 Å². The zero-order valence-electron chi connectivity index (χ0n) is 7.00. The molecular formula is C9H11F2NO. The van der Waals surface area contributed by atoms with E-state index in [4.69, 9.17) is 10.8 Å². The van der Waals surface area contributed by atoms with E-state index < -0.39 is 17.7 Å². The maximum absolute atomic E-state index is 13.0. The van der Waals surface area contributed by atoms with Crippen molar-refractivity contribution in [2.45, 2.75) is 12.5 Å². The monoisotopic (exact) mass is 187 g/mol. The molecule has 1 atom stereocenters. The highest BCUT2D eigenvalue weighted by Crippen LogP contribution is 2.12. The van der Waals surface area contributed by atoms with Crippen LogP contribution in [0.1, 0.15) is 5.56 Å². The fraction of sp³-hybridized carbons (Fsp3) is 0.333. The normalized spacial score (nSPS) is 12.9. The highest BCUT2D eigenvalue weighted by molar-refractivity contribution is 5.19. The summed E-state index contributed by atoms with van der Waals surface area (Å²) in [6, 6.07) is 3.86. The van der Waals surface area contributed by atoms with Crippen LogP contribution in [-0.4, -0.2) is 17.8 Å².